The van der Waals surface area contributed by atoms with E-state index >= 15 is 0 Å². The normalized spacial score (nSPS) is 23.9. The van der Waals surface area contributed by atoms with Crippen molar-refractivity contribution < 1.29 is 19.1 Å². The summed E-state index contributed by atoms with van der Waals surface area (Å²) in [5.41, 5.74) is 5.91. The number of ether oxygens (including phenoxy) is 2. The van der Waals surface area contributed by atoms with E-state index in [1.807, 2.05) is 0 Å². The summed E-state index contributed by atoms with van der Waals surface area (Å²) in [4.78, 5) is 25.5. The lowest BCUT2D eigenvalue weighted by molar-refractivity contribution is -0.121. The summed E-state index contributed by atoms with van der Waals surface area (Å²) in [6, 6.07) is 6.51. The fourth-order valence-electron chi connectivity index (χ4n) is 3.13. The van der Waals surface area contributed by atoms with Crippen LogP contribution < -0.4 is 10.5 Å². The molecule has 23 heavy (non-hydrogen) atoms. The maximum atomic E-state index is 12.5. The summed E-state index contributed by atoms with van der Waals surface area (Å²) in [5, 5.41) is 0. The van der Waals surface area contributed by atoms with E-state index in [9.17, 15) is 9.59 Å². The minimum absolute atomic E-state index is 0.156. The molecule has 2 aliphatic heterocycles. The number of primary amides is 1. The van der Waals surface area contributed by atoms with Gasteiger partial charge in [-0.15, -0.1) is 0 Å². The summed E-state index contributed by atoms with van der Waals surface area (Å²) >= 11 is 0. The Labute approximate surface area is 135 Å². The average Bonchev–Trinajstić information content (AvgIpc) is 3.24. The molecule has 2 amide bonds. The van der Waals surface area contributed by atoms with Crippen molar-refractivity contribution in [3.63, 3.8) is 0 Å². The van der Waals surface area contributed by atoms with Crippen LogP contribution in [0.15, 0.2) is 24.3 Å². The monoisotopic (exact) mass is 318 g/mol. The molecule has 3 rings (SSSR count). The molecule has 2 N–H and O–H groups in total. The molecule has 2 atom stereocenters. The Balaban J connectivity index is 1.59. The first kappa shape index (κ1) is 15.8. The van der Waals surface area contributed by atoms with Crippen molar-refractivity contribution in [1.82, 2.24) is 4.90 Å². The number of hydrogen-bond donors (Lipinski definition) is 1. The minimum Gasteiger partial charge on any atom is -0.491 e. The maximum Gasteiger partial charge on any atom is 0.254 e. The number of carbonyl (C=O) groups is 2. The molecule has 1 aromatic rings. The van der Waals surface area contributed by atoms with Crippen LogP contribution in [0.3, 0.4) is 0 Å². The third-order valence-corrected chi connectivity index (χ3v) is 4.40. The van der Waals surface area contributed by atoms with Crippen molar-refractivity contribution in [2.45, 2.75) is 37.8 Å². The quantitative estimate of drug-likeness (QED) is 0.888. The van der Waals surface area contributed by atoms with Gasteiger partial charge in [-0.1, -0.05) is 0 Å². The summed E-state index contributed by atoms with van der Waals surface area (Å²) in [6.07, 6.45) is 3.72. The van der Waals surface area contributed by atoms with E-state index in [4.69, 9.17) is 15.2 Å². The predicted octanol–water partition coefficient (Wildman–Crippen LogP) is 1.33. The van der Waals surface area contributed by atoms with Crippen LogP contribution in [-0.2, 0) is 9.53 Å². The summed E-state index contributed by atoms with van der Waals surface area (Å²) in [7, 11) is 0. The third-order valence-electron chi connectivity index (χ3n) is 4.40. The number of likely N-dealkylation sites (tertiary alicyclic amines) is 1. The van der Waals surface area contributed by atoms with Crippen LogP contribution in [0.1, 0.15) is 36.0 Å². The number of rotatable bonds is 5. The highest BCUT2D eigenvalue weighted by atomic mass is 16.5. The van der Waals surface area contributed by atoms with Gasteiger partial charge >= 0.3 is 0 Å². The number of benzene rings is 1. The molecule has 6 nitrogen and oxygen atoms in total. The van der Waals surface area contributed by atoms with Gasteiger partial charge in [-0.25, -0.2) is 0 Å². The van der Waals surface area contributed by atoms with E-state index < -0.39 is 11.9 Å². The van der Waals surface area contributed by atoms with Crippen molar-refractivity contribution in [2.24, 2.45) is 5.73 Å². The van der Waals surface area contributed by atoms with Gasteiger partial charge in [0.1, 0.15) is 18.4 Å². The zero-order valence-corrected chi connectivity index (χ0v) is 13.1. The Kier molecular flexibility index (Phi) is 4.81. The molecule has 2 aliphatic rings. The van der Waals surface area contributed by atoms with E-state index in [-0.39, 0.29) is 12.0 Å². The molecule has 0 saturated carbocycles. The van der Waals surface area contributed by atoms with Crippen LogP contribution in [-0.4, -0.2) is 48.6 Å². The van der Waals surface area contributed by atoms with E-state index in [0.717, 1.165) is 25.9 Å². The van der Waals surface area contributed by atoms with Gasteiger partial charge < -0.3 is 20.1 Å². The summed E-state index contributed by atoms with van der Waals surface area (Å²) in [5.74, 6) is 0.120. The third kappa shape index (κ3) is 3.64. The van der Waals surface area contributed by atoms with E-state index in [0.29, 0.717) is 30.9 Å². The molecule has 124 valence electrons. The van der Waals surface area contributed by atoms with Crippen molar-refractivity contribution in [3.8, 4) is 5.75 Å². The Morgan fingerprint density at radius 2 is 2.00 bits per heavy atom. The van der Waals surface area contributed by atoms with Crippen LogP contribution in [0.4, 0.5) is 0 Å². The molecule has 0 bridgehead atoms. The van der Waals surface area contributed by atoms with E-state index in [1.54, 1.807) is 29.2 Å². The Morgan fingerprint density at radius 1 is 1.22 bits per heavy atom. The lowest BCUT2D eigenvalue weighted by Gasteiger charge is -2.22. The van der Waals surface area contributed by atoms with Gasteiger partial charge in [-0.05, 0) is 49.9 Å². The molecule has 6 heteroatoms. The van der Waals surface area contributed by atoms with Crippen molar-refractivity contribution >= 4 is 11.8 Å². The smallest absolute Gasteiger partial charge is 0.254 e. The van der Waals surface area contributed by atoms with Gasteiger partial charge in [-0.3, -0.25) is 9.59 Å². The van der Waals surface area contributed by atoms with Crippen LogP contribution >= 0.6 is 0 Å². The van der Waals surface area contributed by atoms with Crippen molar-refractivity contribution in [2.75, 3.05) is 19.8 Å². The number of carbonyl (C=O) groups excluding carboxylic acids is 2. The topological polar surface area (TPSA) is 81.9 Å². The van der Waals surface area contributed by atoms with Crippen LogP contribution in [0.2, 0.25) is 0 Å². The van der Waals surface area contributed by atoms with E-state index in [1.165, 1.54) is 0 Å². The molecule has 0 radical (unpaired) electrons. The fraction of sp³-hybridized carbons (Fsp3) is 0.529. The predicted molar refractivity (Wildman–Crippen MR) is 84.2 cm³/mol. The maximum absolute atomic E-state index is 12.5. The Bertz CT molecular complexity index is 566. The van der Waals surface area contributed by atoms with Gasteiger partial charge in [0, 0.05) is 18.7 Å². The zero-order chi connectivity index (χ0) is 16.2. The number of hydrogen-bond acceptors (Lipinski definition) is 4. The first-order valence-corrected chi connectivity index (χ1v) is 8.10. The average molecular weight is 318 g/mol. The van der Waals surface area contributed by atoms with Gasteiger partial charge in [0.2, 0.25) is 5.91 Å². The van der Waals surface area contributed by atoms with Crippen molar-refractivity contribution in [3.05, 3.63) is 29.8 Å². The van der Waals surface area contributed by atoms with Gasteiger partial charge in [0.05, 0.1) is 6.10 Å². The van der Waals surface area contributed by atoms with Crippen LogP contribution in [0.5, 0.6) is 5.75 Å². The SMILES string of the molecule is NC(=O)[C@H]1CCCN1C(=O)c1ccc(OC[C@H]2CCCO2)cc1. The first-order valence-electron chi connectivity index (χ1n) is 8.10. The molecule has 2 heterocycles. The molecular formula is C17H22N2O4. The van der Waals surface area contributed by atoms with Gasteiger partial charge in [0.25, 0.3) is 5.91 Å². The van der Waals surface area contributed by atoms with E-state index in [2.05, 4.69) is 0 Å². The van der Waals surface area contributed by atoms with Gasteiger partial charge in [-0.2, -0.15) is 0 Å². The molecule has 2 saturated heterocycles. The minimum atomic E-state index is -0.488. The lowest BCUT2D eigenvalue weighted by Crippen LogP contribution is -2.43. The summed E-state index contributed by atoms with van der Waals surface area (Å²) < 4.78 is 11.2. The standard InChI is InChI=1S/C17H22N2O4/c18-16(20)15-4-1-9-19(15)17(21)12-5-7-13(8-6-12)23-11-14-3-2-10-22-14/h5-8,14-15H,1-4,9-11H2,(H2,18,20)/t14-,15-/m1/s1. The number of nitrogens with zero attached hydrogens (tertiary/aromatic N) is 1. The summed E-state index contributed by atoms with van der Waals surface area (Å²) in [6.45, 7) is 1.91. The Morgan fingerprint density at radius 3 is 2.65 bits per heavy atom. The number of nitrogens with two attached hydrogens (primary N) is 1. The fourth-order valence-corrected chi connectivity index (χ4v) is 3.13. The molecular weight excluding hydrogens is 296 g/mol. The lowest BCUT2D eigenvalue weighted by atomic mass is 10.1. The first-order chi connectivity index (χ1) is 11.1. The second-order valence-corrected chi connectivity index (χ2v) is 6.03. The molecule has 0 spiro atoms. The number of amides is 2. The second kappa shape index (κ2) is 7.00. The van der Waals surface area contributed by atoms with Crippen molar-refractivity contribution in [1.29, 1.82) is 0 Å². The zero-order valence-electron chi connectivity index (χ0n) is 13.1. The highest BCUT2D eigenvalue weighted by molar-refractivity contribution is 5.97. The Hall–Kier alpha value is -2.08. The highest BCUT2D eigenvalue weighted by Crippen LogP contribution is 2.22. The van der Waals surface area contributed by atoms with Crippen LogP contribution in [0.25, 0.3) is 0 Å². The highest BCUT2D eigenvalue weighted by Gasteiger charge is 2.33. The molecule has 0 unspecified atom stereocenters. The largest absolute Gasteiger partial charge is 0.491 e. The van der Waals surface area contributed by atoms with Crippen LogP contribution in [0, 0.1) is 0 Å². The second-order valence-electron chi connectivity index (χ2n) is 6.03. The molecule has 0 aliphatic carbocycles. The molecule has 1 aromatic carbocycles. The molecule has 0 aromatic heterocycles. The van der Waals surface area contributed by atoms with Gasteiger partial charge in [0.15, 0.2) is 0 Å². The molecule has 2 fully saturated rings.